The van der Waals surface area contributed by atoms with Crippen LogP contribution in [0.5, 0.6) is 0 Å². The zero-order valence-corrected chi connectivity index (χ0v) is 13.0. The number of thiophene rings is 1. The number of hydrogen-bond acceptors (Lipinski definition) is 7. The summed E-state index contributed by atoms with van der Waals surface area (Å²) >= 11 is 1.38. The number of anilines is 1. The number of aryl methyl sites for hydroxylation is 2. The molecule has 108 valence electrons. The highest BCUT2D eigenvalue weighted by atomic mass is 32.2. The topological polar surface area (TPSA) is 96.9 Å². The summed E-state index contributed by atoms with van der Waals surface area (Å²) < 4.78 is 27.0. The molecular weight excluding hydrogens is 298 g/mol. The van der Waals surface area contributed by atoms with E-state index in [0.29, 0.717) is 17.9 Å². The summed E-state index contributed by atoms with van der Waals surface area (Å²) in [6, 6.07) is 1.56. The van der Waals surface area contributed by atoms with Crippen molar-refractivity contribution in [2.45, 2.75) is 25.3 Å². The zero-order chi connectivity index (χ0) is 14.8. The average Bonchev–Trinajstić information content (AvgIpc) is 2.83. The Morgan fingerprint density at radius 3 is 2.65 bits per heavy atom. The summed E-state index contributed by atoms with van der Waals surface area (Å²) in [5.74, 6) is -0.0188. The molecule has 0 aliphatic rings. The first kappa shape index (κ1) is 14.8. The van der Waals surface area contributed by atoms with E-state index in [1.165, 1.54) is 11.3 Å². The third-order valence-corrected chi connectivity index (χ3v) is 5.11. The average molecular weight is 313 g/mol. The molecule has 2 N–H and O–H groups in total. The molecule has 0 aliphatic carbocycles. The van der Waals surface area contributed by atoms with E-state index in [4.69, 9.17) is 0 Å². The predicted molar refractivity (Wildman–Crippen MR) is 77.2 cm³/mol. The van der Waals surface area contributed by atoms with Crippen LogP contribution in [-0.4, -0.2) is 30.6 Å². The fourth-order valence-electron chi connectivity index (χ4n) is 1.53. The Morgan fingerprint density at radius 1 is 1.25 bits per heavy atom. The van der Waals surface area contributed by atoms with Crippen molar-refractivity contribution in [3.05, 3.63) is 27.7 Å². The fourth-order valence-corrected chi connectivity index (χ4v) is 3.93. The second-order valence-electron chi connectivity index (χ2n) is 4.15. The Hall–Kier alpha value is -1.58. The summed E-state index contributed by atoms with van der Waals surface area (Å²) in [5, 5.41) is 12.3. The van der Waals surface area contributed by atoms with E-state index in [9.17, 15) is 8.42 Å². The van der Waals surface area contributed by atoms with E-state index >= 15 is 0 Å². The second kappa shape index (κ2) is 5.81. The summed E-state index contributed by atoms with van der Waals surface area (Å²) in [6.45, 7) is 4.00. The third-order valence-electron chi connectivity index (χ3n) is 2.65. The van der Waals surface area contributed by atoms with Crippen molar-refractivity contribution in [3.8, 4) is 0 Å². The SMILES string of the molecule is CNCc1sccc1S(=O)(=O)Nc1nnc(C)c(C)n1. The first-order valence-corrected chi connectivity index (χ1v) is 8.22. The largest absolute Gasteiger partial charge is 0.315 e. The fraction of sp³-hybridized carbons (Fsp3) is 0.364. The second-order valence-corrected chi connectivity index (χ2v) is 6.80. The van der Waals surface area contributed by atoms with Crippen LogP contribution in [0.3, 0.4) is 0 Å². The molecule has 0 radical (unpaired) electrons. The molecule has 0 saturated heterocycles. The number of hydrogen-bond donors (Lipinski definition) is 2. The lowest BCUT2D eigenvalue weighted by molar-refractivity contribution is 0.599. The van der Waals surface area contributed by atoms with Gasteiger partial charge < -0.3 is 5.32 Å². The van der Waals surface area contributed by atoms with Crippen molar-refractivity contribution in [1.29, 1.82) is 0 Å². The monoisotopic (exact) mass is 313 g/mol. The Kier molecular flexibility index (Phi) is 4.31. The number of nitrogens with one attached hydrogen (secondary N) is 2. The molecule has 2 aromatic heterocycles. The van der Waals surface area contributed by atoms with E-state index in [1.807, 2.05) is 0 Å². The molecule has 0 aliphatic heterocycles. The summed E-state index contributed by atoms with van der Waals surface area (Å²) in [5.41, 5.74) is 1.30. The molecule has 0 unspecified atom stereocenters. The third kappa shape index (κ3) is 3.11. The molecular formula is C11H15N5O2S2. The Balaban J connectivity index is 2.30. The van der Waals surface area contributed by atoms with Gasteiger partial charge in [-0.05, 0) is 32.3 Å². The van der Waals surface area contributed by atoms with Gasteiger partial charge in [0.2, 0.25) is 0 Å². The minimum Gasteiger partial charge on any atom is -0.315 e. The summed E-state index contributed by atoms with van der Waals surface area (Å²) in [7, 11) is -1.93. The van der Waals surface area contributed by atoms with Crippen LogP contribution in [0, 0.1) is 13.8 Å². The van der Waals surface area contributed by atoms with E-state index in [1.54, 1.807) is 32.3 Å². The standard InChI is InChI=1S/C11H15N5O2S2/c1-7-8(2)14-15-11(13-7)16-20(17,18)10-4-5-19-9(10)6-12-3/h4-5,12H,6H2,1-3H3,(H,13,15,16). The van der Waals surface area contributed by atoms with E-state index < -0.39 is 10.0 Å². The van der Waals surface area contributed by atoms with Crippen LogP contribution in [0.25, 0.3) is 0 Å². The molecule has 0 fully saturated rings. The van der Waals surface area contributed by atoms with Crippen molar-refractivity contribution in [1.82, 2.24) is 20.5 Å². The highest BCUT2D eigenvalue weighted by Crippen LogP contribution is 2.23. The van der Waals surface area contributed by atoms with Crippen molar-refractivity contribution in [3.63, 3.8) is 0 Å². The van der Waals surface area contributed by atoms with E-state index in [2.05, 4.69) is 25.2 Å². The van der Waals surface area contributed by atoms with Gasteiger partial charge in [0, 0.05) is 11.4 Å². The lowest BCUT2D eigenvalue weighted by atomic mass is 10.4. The van der Waals surface area contributed by atoms with Gasteiger partial charge in [0.1, 0.15) is 4.90 Å². The van der Waals surface area contributed by atoms with Gasteiger partial charge >= 0.3 is 0 Å². The molecule has 20 heavy (non-hydrogen) atoms. The number of nitrogens with zero attached hydrogens (tertiary/aromatic N) is 3. The normalized spacial score (nSPS) is 11.6. The molecule has 2 aromatic rings. The van der Waals surface area contributed by atoms with Crippen molar-refractivity contribution < 1.29 is 8.42 Å². The maximum Gasteiger partial charge on any atom is 0.265 e. The van der Waals surface area contributed by atoms with Gasteiger partial charge in [-0.1, -0.05) is 0 Å². The molecule has 0 saturated carbocycles. The van der Waals surface area contributed by atoms with Gasteiger partial charge in [-0.25, -0.2) is 18.1 Å². The molecule has 0 amide bonds. The van der Waals surface area contributed by atoms with E-state index in [0.717, 1.165) is 4.88 Å². The van der Waals surface area contributed by atoms with Crippen LogP contribution in [0.2, 0.25) is 0 Å². The van der Waals surface area contributed by atoms with E-state index in [-0.39, 0.29) is 10.8 Å². The lowest BCUT2D eigenvalue weighted by Gasteiger charge is -2.08. The summed E-state index contributed by atoms with van der Waals surface area (Å²) in [6.07, 6.45) is 0. The Morgan fingerprint density at radius 2 is 2.00 bits per heavy atom. The van der Waals surface area contributed by atoms with Crippen LogP contribution in [0.1, 0.15) is 16.3 Å². The van der Waals surface area contributed by atoms with Gasteiger partial charge in [0.15, 0.2) is 0 Å². The maximum atomic E-state index is 12.3. The molecule has 0 spiro atoms. The number of rotatable bonds is 5. The minimum absolute atomic E-state index is 0.0188. The molecule has 0 aromatic carbocycles. The van der Waals surface area contributed by atoms with Crippen molar-refractivity contribution >= 4 is 27.3 Å². The molecule has 0 atom stereocenters. The molecule has 9 heteroatoms. The highest BCUT2D eigenvalue weighted by Gasteiger charge is 2.21. The Bertz CT molecular complexity index is 711. The number of aromatic nitrogens is 3. The maximum absolute atomic E-state index is 12.3. The Labute approximate surface area is 121 Å². The van der Waals surface area contributed by atoms with Crippen LogP contribution in [0.15, 0.2) is 16.3 Å². The molecule has 2 rings (SSSR count). The minimum atomic E-state index is -3.70. The molecule has 0 bridgehead atoms. The predicted octanol–water partition coefficient (Wildman–Crippen LogP) is 1.07. The van der Waals surface area contributed by atoms with Crippen LogP contribution >= 0.6 is 11.3 Å². The van der Waals surface area contributed by atoms with Gasteiger partial charge in [0.25, 0.3) is 16.0 Å². The zero-order valence-electron chi connectivity index (χ0n) is 11.3. The van der Waals surface area contributed by atoms with Crippen LogP contribution in [0.4, 0.5) is 5.95 Å². The smallest absolute Gasteiger partial charge is 0.265 e. The van der Waals surface area contributed by atoms with Crippen molar-refractivity contribution in [2.24, 2.45) is 0 Å². The first-order valence-electron chi connectivity index (χ1n) is 5.85. The molecule has 7 nitrogen and oxygen atoms in total. The lowest BCUT2D eigenvalue weighted by Crippen LogP contribution is -2.18. The quantitative estimate of drug-likeness (QED) is 0.857. The van der Waals surface area contributed by atoms with Gasteiger partial charge in [-0.2, -0.15) is 5.10 Å². The number of sulfonamides is 1. The van der Waals surface area contributed by atoms with Gasteiger partial charge in [-0.3, -0.25) is 0 Å². The summed E-state index contributed by atoms with van der Waals surface area (Å²) in [4.78, 5) is 5.04. The first-order chi connectivity index (χ1) is 9.44. The highest BCUT2D eigenvalue weighted by molar-refractivity contribution is 7.92. The molecule has 2 heterocycles. The van der Waals surface area contributed by atoms with Crippen LogP contribution < -0.4 is 10.0 Å². The van der Waals surface area contributed by atoms with Crippen LogP contribution in [-0.2, 0) is 16.6 Å². The van der Waals surface area contributed by atoms with Gasteiger partial charge in [0.05, 0.1) is 11.4 Å². The van der Waals surface area contributed by atoms with Gasteiger partial charge in [-0.15, -0.1) is 16.4 Å². The van der Waals surface area contributed by atoms with Crippen molar-refractivity contribution in [2.75, 3.05) is 11.8 Å².